The highest BCUT2D eigenvalue weighted by molar-refractivity contribution is 6.16. The van der Waals surface area contributed by atoms with Crippen molar-refractivity contribution in [2.75, 3.05) is 5.32 Å². The molecule has 1 aliphatic heterocycles. The fourth-order valence-electron chi connectivity index (χ4n) is 6.05. The van der Waals surface area contributed by atoms with Crippen LogP contribution in [0.4, 0.5) is 10.1 Å². The molecule has 7 rings (SSSR count). The molecular weight excluding hydrogens is 421 g/mol. The second kappa shape index (κ2) is 7.66. The zero-order valence-corrected chi connectivity index (χ0v) is 18.3. The Hall–Kier alpha value is -3.26. The van der Waals surface area contributed by atoms with E-state index in [4.69, 9.17) is 4.99 Å². The van der Waals surface area contributed by atoms with Gasteiger partial charge >= 0.3 is 5.97 Å². The Balaban J connectivity index is 1.42. The summed E-state index contributed by atoms with van der Waals surface area (Å²) in [6.07, 6.45) is 6.67. The molecule has 3 heterocycles. The molecule has 7 nitrogen and oxygen atoms in total. The molecule has 4 aliphatic rings. The van der Waals surface area contributed by atoms with Crippen molar-refractivity contribution in [2.24, 2.45) is 22.7 Å². The van der Waals surface area contributed by atoms with Gasteiger partial charge in [0.15, 0.2) is 0 Å². The second-order valence-corrected chi connectivity index (χ2v) is 9.58. The van der Waals surface area contributed by atoms with Gasteiger partial charge in [0.1, 0.15) is 23.5 Å². The summed E-state index contributed by atoms with van der Waals surface area (Å²) in [5.74, 6) is -0.365. The molecule has 3 aliphatic carbocycles. The lowest BCUT2D eigenvalue weighted by atomic mass is 9.61. The highest BCUT2D eigenvalue weighted by atomic mass is 19.1. The number of fused-ring (bicyclic) bond motifs is 5. The van der Waals surface area contributed by atoms with Gasteiger partial charge in [-0.15, -0.1) is 0 Å². The highest BCUT2D eigenvalue weighted by Gasteiger charge is 2.48. The van der Waals surface area contributed by atoms with E-state index < -0.39 is 23.9 Å². The van der Waals surface area contributed by atoms with Crippen molar-refractivity contribution in [1.82, 2.24) is 15.3 Å². The molecule has 3 aromatic rings. The van der Waals surface area contributed by atoms with Crippen LogP contribution in [0.15, 0.2) is 41.7 Å². The van der Waals surface area contributed by atoms with Crippen LogP contribution >= 0.6 is 0 Å². The van der Waals surface area contributed by atoms with Crippen LogP contribution in [0, 0.1) is 30.5 Å². The first-order valence-corrected chi connectivity index (χ1v) is 11.5. The number of halogens is 1. The van der Waals surface area contributed by atoms with Crippen molar-refractivity contribution in [3.05, 3.63) is 59.2 Å². The quantitative estimate of drug-likeness (QED) is 0.476. The number of aromatic nitrogens is 2. The molecule has 0 saturated heterocycles. The lowest BCUT2D eigenvalue weighted by Gasteiger charge is -2.48. The number of aliphatic imine (C=N–C) groups is 1. The second-order valence-electron chi connectivity index (χ2n) is 9.58. The number of nitrogens with zero attached hydrogens (tertiary/aromatic N) is 2. The Morgan fingerprint density at radius 1 is 1.18 bits per heavy atom. The summed E-state index contributed by atoms with van der Waals surface area (Å²) in [5, 5.41) is 17.7. The standard InChI is InChI=1S/C25H26FN5O2/c1-12-2-7-19-17(8-12)23(30-21-14-5-3-13(4-6-14)20(21)25(32)33)31-24(29-19)18-11-28-22-16(18)9-15(26)10-27-22/h2,7-11,13-14,20-21,23,30H,3-6H2,1H3,(H,27,28)(H,29,31)(H,32,33). The van der Waals surface area contributed by atoms with Gasteiger partial charge in [-0.25, -0.2) is 14.4 Å². The predicted molar refractivity (Wildman–Crippen MR) is 124 cm³/mol. The third kappa shape index (κ3) is 3.40. The number of aryl methyl sites for hydroxylation is 1. The molecule has 1 aromatic carbocycles. The van der Waals surface area contributed by atoms with Gasteiger partial charge in [-0.1, -0.05) is 17.7 Å². The minimum Gasteiger partial charge on any atom is -0.481 e. The molecule has 8 heteroatoms. The minimum absolute atomic E-state index is 0.126. The lowest BCUT2D eigenvalue weighted by Crippen LogP contribution is -2.55. The van der Waals surface area contributed by atoms with Gasteiger partial charge in [-0.2, -0.15) is 0 Å². The summed E-state index contributed by atoms with van der Waals surface area (Å²) in [6, 6.07) is 7.46. The average Bonchev–Trinajstić information content (AvgIpc) is 3.22. The Labute approximate surface area is 190 Å². The van der Waals surface area contributed by atoms with E-state index in [1.807, 2.05) is 19.1 Å². The van der Waals surface area contributed by atoms with Crippen LogP contribution < -0.4 is 10.6 Å². The smallest absolute Gasteiger partial charge is 0.308 e. The summed E-state index contributed by atoms with van der Waals surface area (Å²) in [6.45, 7) is 2.04. The van der Waals surface area contributed by atoms with Crippen molar-refractivity contribution in [1.29, 1.82) is 0 Å². The fraction of sp³-hybridized carbons (Fsp3) is 0.400. The van der Waals surface area contributed by atoms with Crippen molar-refractivity contribution < 1.29 is 14.3 Å². The van der Waals surface area contributed by atoms with Crippen LogP contribution in [-0.4, -0.2) is 32.9 Å². The zero-order chi connectivity index (χ0) is 22.7. The number of hydrogen-bond donors (Lipinski definition) is 4. The molecule has 3 atom stereocenters. The maximum absolute atomic E-state index is 13.9. The zero-order valence-electron chi connectivity index (χ0n) is 18.3. The van der Waals surface area contributed by atoms with E-state index in [2.05, 4.69) is 26.7 Å². The van der Waals surface area contributed by atoms with Crippen LogP contribution in [0.25, 0.3) is 11.0 Å². The summed E-state index contributed by atoms with van der Waals surface area (Å²) < 4.78 is 13.9. The largest absolute Gasteiger partial charge is 0.481 e. The topological polar surface area (TPSA) is 102 Å². The summed E-state index contributed by atoms with van der Waals surface area (Å²) >= 11 is 0. The summed E-state index contributed by atoms with van der Waals surface area (Å²) in [7, 11) is 0. The number of rotatable bonds is 4. The van der Waals surface area contributed by atoms with E-state index in [9.17, 15) is 14.3 Å². The van der Waals surface area contributed by atoms with Crippen molar-refractivity contribution in [3.8, 4) is 0 Å². The summed E-state index contributed by atoms with van der Waals surface area (Å²) in [4.78, 5) is 24.4. The number of aliphatic carboxylic acids is 1. The molecule has 170 valence electrons. The van der Waals surface area contributed by atoms with Gasteiger partial charge in [0, 0.05) is 34.4 Å². The molecule has 3 fully saturated rings. The van der Waals surface area contributed by atoms with Crippen LogP contribution in [0.2, 0.25) is 0 Å². The molecular formula is C25H26FN5O2. The Morgan fingerprint density at radius 3 is 2.76 bits per heavy atom. The molecule has 4 N–H and O–H groups in total. The SMILES string of the molecule is Cc1ccc2c(c1)C(NC1C3CCC(CC3)C1C(=O)O)N=C(c1c[nH]c3ncc(F)cc13)N2. The number of anilines is 1. The van der Waals surface area contributed by atoms with Gasteiger partial charge in [0.2, 0.25) is 0 Å². The number of aromatic amines is 1. The maximum Gasteiger partial charge on any atom is 0.308 e. The predicted octanol–water partition coefficient (Wildman–Crippen LogP) is 4.36. The number of H-pyrrole nitrogens is 1. The number of benzene rings is 1. The number of carboxylic acids is 1. The Morgan fingerprint density at radius 2 is 1.97 bits per heavy atom. The number of pyridine rings is 1. The van der Waals surface area contributed by atoms with Gasteiger partial charge in [0.05, 0.1) is 12.1 Å². The number of hydrogen-bond acceptors (Lipinski definition) is 5. The normalized spacial score (nSPS) is 28.3. The van der Waals surface area contributed by atoms with Gasteiger partial charge < -0.3 is 15.4 Å². The molecule has 2 bridgehead atoms. The molecule has 2 aromatic heterocycles. The molecule has 0 radical (unpaired) electrons. The van der Waals surface area contributed by atoms with Gasteiger partial charge in [-0.3, -0.25) is 10.1 Å². The van der Waals surface area contributed by atoms with E-state index in [0.717, 1.165) is 48.1 Å². The van der Waals surface area contributed by atoms with Crippen molar-refractivity contribution in [3.63, 3.8) is 0 Å². The van der Waals surface area contributed by atoms with Crippen molar-refractivity contribution in [2.45, 2.75) is 44.8 Å². The van der Waals surface area contributed by atoms with E-state index >= 15 is 0 Å². The average molecular weight is 448 g/mol. The first-order chi connectivity index (χ1) is 16.0. The van der Waals surface area contributed by atoms with Gasteiger partial charge in [0.25, 0.3) is 0 Å². The maximum atomic E-state index is 13.9. The Kier molecular flexibility index (Phi) is 4.72. The van der Waals surface area contributed by atoms with E-state index in [1.165, 1.54) is 12.3 Å². The number of amidine groups is 1. The van der Waals surface area contributed by atoms with Crippen LogP contribution in [0.5, 0.6) is 0 Å². The number of carboxylic acid groups (broad SMARTS) is 1. The third-order valence-electron chi connectivity index (χ3n) is 7.62. The molecule has 0 spiro atoms. The fourth-order valence-corrected chi connectivity index (χ4v) is 6.05. The first-order valence-electron chi connectivity index (χ1n) is 11.5. The van der Waals surface area contributed by atoms with E-state index in [1.54, 1.807) is 6.20 Å². The first kappa shape index (κ1) is 20.4. The lowest BCUT2D eigenvalue weighted by molar-refractivity contribution is -0.150. The molecule has 0 amide bonds. The number of carbonyl (C=O) groups is 1. The highest BCUT2D eigenvalue weighted by Crippen LogP contribution is 2.46. The van der Waals surface area contributed by atoms with Crippen LogP contribution in [0.1, 0.15) is 48.5 Å². The molecule has 3 unspecified atom stereocenters. The monoisotopic (exact) mass is 447 g/mol. The third-order valence-corrected chi connectivity index (χ3v) is 7.62. The summed E-state index contributed by atoms with van der Waals surface area (Å²) in [5.41, 5.74) is 4.34. The molecule has 3 saturated carbocycles. The number of nitrogens with one attached hydrogen (secondary N) is 3. The minimum atomic E-state index is -0.720. The van der Waals surface area contributed by atoms with Crippen LogP contribution in [0.3, 0.4) is 0 Å². The molecule has 33 heavy (non-hydrogen) atoms. The van der Waals surface area contributed by atoms with Gasteiger partial charge in [-0.05, 0) is 56.6 Å². The Bertz CT molecular complexity index is 1280. The van der Waals surface area contributed by atoms with E-state index in [0.29, 0.717) is 22.8 Å². The van der Waals surface area contributed by atoms with Crippen LogP contribution in [-0.2, 0) is 4.79 Å². The van der Waals surface area contributed by atoms with Crippen molar-refractivity contribution >= 4 is 28.5 Å². The van der Waals surface area contributed by atoms with E-state index in [-0.39, 0.29) is 12.0 Å².